The molecule has 5 nitrogen and oxygen atoms in total. The van der Waals surface area contributed by atoms with Gasteiger partial charge in [0.05, 0.1) is 6.33 Å². The van der Waals surface area contributed by atoms with Crippen LogP contribution in [0.3, 0.4) is 0 Å². The lowest BCUT2D eigenvalue weighted by Crippen LogP contribution is -2.22. The van der Waals surface area contributed by atoms with Crippen LogP contribution < -0.4 is 5.32 Å². The summed E-state index contributed by atoms with van der Waals surface area (Å²) in [4.78, 5) is 12.5. The molecule has 2 rings (SSSR count). The van der Waals surface area contributed by atoms with Crippen LogP contribution in [-0.2, 0) is 13.0 Å². The van der Waals surface area contributed by atoms with Crippen LogP contribution in [0, 0.1) is 0 Å². The molecule has 0 amide bonds. The Morgan fingerprint density at radius 1 is 1.44 bits per heavy atom. The molecule has 1 unspecified atom stereocenters. The fourth-order valence-corrected chi connectivity index (χ4v) is 1.91. The van der Waals surface area contributed by atoms with E-state index in [0.29, 0.717) is 5.15 Å². The molecule has 1 N–H and O–H groups in total. The van der Waals surface area contributed by atoms with E-state index in [1.807, 2.05) is 17.7 Å². The number of anilines is 1. The molecule has 1 atom stereocenters. The number of halogens is 1. The van der Waals surface area contributed by atoms with Crippen molar-refractivity contribution in [1.29, 1.82) is 0 Å². The second-order valence-corrected chi connectivity index (χ2v) is 4.54. The molecule has 0 bridgehead atoms. The number of aromatic nitrogens is 4. The monoisotopic (exact) mass is 265 g/mol. The third-order valence-electron chi connectivity index (χ3n) is 2.50. The van der Waals surface area contributed by atoms with Crippen molar-refractivity contribution in [1.82, 2.24) is 19.5 Å². The average molecular weight is 266 g/mol. The van der Waals surface area contributed by atoms with Crippen LogP contribution in [0.1, 0.15) is 19.7 Å². The Labute approximate surface area is 111 Å². The zero-order chi connectivity index (χ0) is 13.0. The van der Waals surface area contributed by atoms with Gasteiger partial charge >= 0.3 is 0 Å². The van der Waals surface area contributed by atoms with Crippen LogP contribution >= 0.6 is 11.6 Å². The minimum atomic E-state index is 0.231. The molecule has 0 fully saturated rings. The molecule has 18 heavy (non-hydrogen) atoms. The maximum absolute atomic E-state index is 5.95. The topological polar surface area (TPSA) is 55.6 Å². The summed E-state index contributed by atoms with van der Waals surface area (Å²) in [6.07, 6.45) is 6.26. The van der Waals surface area contributed by atoms with Crippen molar-refractivity contribution in [3.8, 4) is 0 Å². The van der Waals surface area contributed by atoms with Crippen LogP contribution in [0.2, 0.25) is 5.15 Å². The number of hydrogen-bond donors (Lipinski definition) is 1. The molecule has 2 heterocycles. The second-order valence-electron chi connectivity index (χ2n) is 4.15. The van der Waals surface area contributed by atoms with Gasteiger partial charge in [0, 0.05) is 37.5 Å². The van der Waals surface area contributed by atoms with Crippen molar-refractivity contribution in [3.05, 3.63) is 35.8 Å². The molecule has 0 spiro atoms. The molecule has 2 aromatic heterocycles. The second kappa shape index (κ2) is 5.82. The van der Waals surface area contributed by atoms with Gasteiger partial charge in [-0.25, -0.2) is 15.0 Å². The molecule has 0 aliphatic heterocycles. The van der Waals surface area contributed by atoms with Crippen molar-refractivity contribution >= 4 is 17.4 Å². The van der Waals surface area contributed by atoms with E-state index in [0.717, 1.165) is 24.6 Å². The molecular formula is C12H16ClN5. The van der Waals surface area contributed by atoms with Gasteiger partial charge in [0.25, 0.3) is 0 Å². The number of rotatable bonds is 5. The molecule has 0 aliphatic carbocycles. The Kier molecular flexibility index (Phi) is 4.15. The van der Waals surface area contributed by atoms with E-state index in [4.69, 9.17) is 11.6 Å². The molecule has 6 heteroatoms. The van der Waals surface area contributed by atoms with Gasteiger partial charge in [0.15, 0.2) is 0 Å². The van der Waals surface area contributed by atoms with Crippen molar-refractivity contribution < 1.29 is 0 Å². The molecule has 2 aromatic rings. The fourth-order valence-electron chi connectivity index (χ4n) is 1.71. The summed E-state index contributed by atoms with van der Waals surface area (Å²) in [6.45, 7) is 4.91. The van der Waals surface area contributed by atoms with Gasteiger partial charge in [-0.1, -0.05) is 18.5 Å². The summed E-state index contributed by atoms with van der Waals surface area (Å²) in [5.41, 5.74) is 0. The van der Waals surface area contributed by atoms with E-state index < -0.39 is 0 Å². The minimum Gasteiger partial charge on any atom is -0.366 e. The predicted octanol–water partition coefficient (Wildman–Crippen LogP) is 2.39. The van der Waals surface area contributed by atoms with Crippen LogP contribution in [-0.4, -0.2) is 25.6 Å². The van der Waals surface area contributed by atoms with E-state index in [9.17, 15) is 0 Å². The number of nitrogens with one attached hydrogen (secondary N) is 1. The number of nitrogens with zero attached hydrogens (tertiary/aromatic N) is 4. The van der Waals surface area contributed by atoms with Gasteiger partial charge < -0.3 is 9.88 Å². The summed E-state index contributed by atoms with van der Waals surface area (Å²) in [5, 5.41) is 3.78. The zero-order valence-corrected chi connectivity index (χ0v) is 11.2. The highest BCUT2D eigenvalue weighted by Crippen LogP contribution is 2.13. The molecule has 0 aromatic carbocycles. The van der Waals surface area contributed by atoms with E-state index in [1.165, 1.54) is 0 Å². The minimum absolute atomic E-state index is 0.231. The summed E-state index contributed by atoms with van der Waals surface area (Å²) in [5.74, 6) is 1.51. The normalized spacial score (nSPS) is 12.4. The van der Waals surface area contributed by atoms with Crippen LogP contribution in [0.15, 0.2) is 24.8 Å². The first kappa shape index (κ1) is 12.8. The highest BCUT2D eigenvalue weighted by atomic mass is 35.5. The summed E-state index contributed by atoms with van der Waals surface area (Å²) in [6, 6.07) is 1.97. The van der Waals surface area contributed by atoms with Crippen LogP contribution in [0.25, 0.3) is 0 Å². The van der Waals surface area contributed by atoms with E-state index in [1.54, 1.807) is 18.6 Å². The number of imidazole rings is 1. The number of aryl methyl sites for hydroxylation is 1. The fraction of sp³-hybridized carbons (Fsp3) is 0.417. The van der Waals surface area contributed by atoms with Gasteiger partial charge in [0.1, 0.15) is 16.8 Å². The highest BCUT2D eigenvalue weighted by molar-refractivity contribution is 6.29. The first-order chi connectivity index (χ1) is 8.67. The molecule has 0 saturated heterocycles. The quantitative estimate of drug-likeness (QED) is 0.844. The lowest BCUT2D eigenvalue weighted by atomic mass is 10.3. The molecular weight excluding hydrogens is 250 g/mol. The largest absolute Gasteiger partial charge is 0.366 e. The van der Waals surface area contributed by atoms with Gasteiger partial charge in [-0.2, -0.15) is 0 Å². The first-order valence-electron chi connectivity index (χ1n) is 5.93. The van der Waals surface area contributed by atoms with E-state index in [2.05, 4.69) is 27.2 Å². The Balaban J connectivity index is 2.02. The Bertz CT molecular complexity index is 497. The summed E-state index contributed by atoms with van der Waals surface area (Å²) < 4.78 is 2.02. The van der Waals surface area contributed by atoms with Crippen LogP contribution in [0.5, 0.6) is 0 Å². The average Bonchev–Trinajstić information content (AvgIpc) is 2.80. The smallest absolute Gasteiger partial charge is 0.134 e. The van der Waals surface area contributed by atoms with Gasteiger partial charge in [0.2, 0.25) is 0 Å². The Hall–Kier alpha value is -1.62. The maximum atomic E-state index is 5.95. The van der Waals surface area contributed by atoms with E-state index in [-0.39, 0.29) is 6.04 Å². The molecule has 0 aliphatic rings. The van der Waals surface area contributed by atoms with Crippen molar-refractivity contribution in [3.63, 3.8) is 0 Å². The van der Waals surface area contributed by atoms with Crippen molar-refractivity contribution in [2.24, 2.45) is 0 Å². The standard InChI is InChI=1S/C12H16ClN5/c1-3-11-16-10(13)6-12(17-11)15-9(2)7-18-5-4-14-8-18/h4-6,8-9H,3,7H2,1-2H3,(H,15,16,17). The Morgan fingerprint density at radius 3 is 2.94 bits per heavy atom. The molecule has 96 valence electrons. The zero-order valence-electron chi connectivity index (χ0n) is 10.5. The maximum Gasteiger partial charge on any atom is 0.134 e. The van der Waals surface area contributed by atoms with Gasteiger partial charge in [-0.3, -0.25) is 0 Å². The number of hydrogen-bond acceptors (Lipinski definition) is 4. The third-order valence-corrected chi connectivity index (χ3v) is 2.69. The third kappa shape index (κ3) is 3.43. The summed E-state index contributed by atoms with van der Waals surface area (Å²) >= 11 is 5.95. The van der Waals surface area contributed by atoms with Crippen molar-refractivity contribution in [2.75, 3.05) is 5.32 Å². The lowest BCUT2D eigenvalue weighted by Gasteiger charge is -2.15. The van der Waals surface area contributed by atoms with Crippen LogP contribution in [0.4, 0.5) is 5.82 Å². The first-order valence-corrected chi connectivity index (χ1v) is 6.31. The Morgan fingerprint density at radius 2 is 2.28 bits per heavy atom. The predicted molar refractivity (Wildman–Crippen MR) is 71.7 cm³/mol. The highest BCUT2D eigenvalue weighted by Gasteiger charge is 2.06. The SMILES string of the molecule is CCc1nc(Cl)cc(NC(C)Cn2ccnc2)n1. The summed E-state index contributed by atoms with van der Waals surface area (Å²) in [7, 11) is 0. The van der Waals surface area contributed by atoms with E-state index >= 15 is 0 Å². The van der Waals surface area contributed by atoms with Gasteiger partial charge in [-0.15, -0.1) is 0 Å². The lowest BCUT2D eigenvalue weighted by molar-refractivity contribution is 0.616. The molecule has 0 saturated carbocycles. The van der Waals surface area contributed by atoms with Crippen molar-refractivity contribution in [2.45, 2.75) is 32.9 Å². The molecule has 0 radical (unpaired) electrons. The van der Waals surface area contributed by atoms with Gasteiger partial charge in [-0.05, 0) is 6.92 Å².